The highest BCUT2D eigenvalue weighted by atomic mass is 16.4. The van der Waals surface area contributed by atoms with Crippen LogP contribution in [0.15, 0.2) is 124 Å². The van der Waals surface area contributed by atoms with Gasteiger partial charge in [-0.25, -0.2) is 14.4 Å². The highest BCUT2D eigenvalue weighted by molar-refractivity contribution is 6.04. The molecule has 0 radical (unpaired) electrons. The summed E-state index contributed by atoms with van der Waals surface area (Å²) in [5, 5.41) is 52.6. The molecule has 0 fully saturated rings. The van der Waals surface area contributed by atoms with Crippen LogP contribution in [-0.4, -0.2) is 123 Å². The molecule has 15 heteroatoms. The zero-order chi connectivity index (χ0) is 43.6. The molecule has 3 unspecified atom stereocenters. The molecular formula is C45H45N9O6. The van der Waals surface area contributed by atoms with Crippen molar-refractivity contribution >= 4 is 35.4 Å². The molecule has 306 valence electrons. The summed E-state index contributed by atoms with van der Waals surface area (Å²) in [5.74, 6) is -1.35. The smallest absolute Gasteiger partial charge is 0.336 e. The van der Waals surface area contributed by atoms with Crippen molar-refractivity contribution < 1.29 is 29.7 Å². The highest BCUT2D eigenvalue weighted by Crippen LogP contribution is 2.17. The van der Waals surface area contributed by atoms with Crippen molar-refractivity contribution in [3.8, 4) is 18.2 Å². The molecule has 0 amide bonds. The quantitative estimate of drug-likeness (QED) is 0.183. The first-order chi connectivity index (χ1) is 28.9. The number of hydrogen-bond donors (Lipinski definition) is 3. The van der Waals surface area contributed by atoms with E-state index in [4.69, 9.17) is 31.1 Å². The Bertz CT molecular complexity index is 2140. The van der Waals surface area contributed by atoms with Crippen LogP contribution in [0.25, 0.3) is 0 Å². The van der Waals surface area contributed by atoms with Gasteiger partial charge in [0.15, 0.2) is 0 Å². The van der Waals surface area contributed by atoms with E-state index in [1.54, 1.807) is 0 Å². The number of amidine groups is 3. The molecule has 0 spiro atoms. The van der Waals surface area contributed by atoms with E-state index in [0.29, 0.717) is 0 Å². The fourth-order valence-corrected chi connectivity index (χ4v) is 6.30. The van der Waals surface area contributed by atoms with E-state index in [-0.39, 0.29) is 23.7 Å². The van der Waals surface area contributed by atoms with Crippen LogP contribution in [0, 0.1) is 34.0 Å². The maximum Gasteiger partial charge on any atom is 0.336 e. The van der Waals surface area contributed by atoms with Crippen LogP contribution in [0.5, 0.6) is 0 Å². The average molecular weight is 808 g/mol. The first-order valence-electron chi connectivity index (χ1n) is 19.0. The summed E-state index contributed by atoms with van der Waals surface area (Å²) in [6, 6.07) is 39.3. The van der Waals surface area contributed by atoms with Crippen molar-refractivity contribution in [3.05, 3.63) is 143 Å². The summed E-state index contributed by atoms with van der Waals surface area (Å²) in [5.41, 5.74) is 2.04. The molecule has 0 aliphatic carbocycles. The number of carboxylic acid groups (broad SMARTS) is 3. The summed E-state index contributed by atoms with van der Waals surface area (Å²) >= 11 is 0. The molecule has 3 aliphatic heterocycles. The fourth-order valence-electron chi connectivity index (χ4n) is 6.30. The monoisotopic (exact) mass is 807 g/mol. The van der Waals surface area contributed by atoms with Crippen LogP contribution in [-0.2, 0) is 0 Å². The summed E-state index contributed by atoms with van der Waals surface area (Å²) in [6.45, 7) is 10.6. The zero-order valence-corrected chi connectivity index (χ0v) is 33.5. The van der Waals surface area contributed by atoms with Crippen LogP contribution in [0.4, 0.5) is 0 Å². The van der Waals surface area contributed by atoms with Crippen LogP contribution in [0.3, 0.4) is 0 Å². The standard InChI is InChI=1S/3C12H13N3.C9H6O6/c3*1-10(9-13)15-8-7-14-12(15)11-5-3-2-4-6-11;10-7(11)4-1-2-5(8(12)13)6(3-4)9(14)15/h3*2-6,10H,7-8H2,1H3;1-3H,(H,10,11)(H,12,13)(H,14,15). The zero-order valence-electron chi connectivity index (χ0n) is 33.5. The molecule has 3 N–H and O–H groups in total. The van der Waals surface area contributed by atoms with Gasteiger partial charge in [0.2, 0.25) is 0 Å². The lowest BCUT2D eigenvalue weighted by atomic mass is 10.0. The number of nitriles is 3. The average Bonchev–Trinajstić information content (AvgIpc) is 4.09. The van der Waals surface area contributed by atoms with Gasteiger partial charge in [-0.05, 0) is 39.0 Å². The minimum Gasteiger partial charge on any atom is -0.478 e. The largest absolute Gasteiger partial charge is 0.478 e. The lowest BCUT2D eigenvalue weighted by molar-refractivity contribution is 0.0649. The Morgan fingerprint density at radius 3 is 1.08 bits per heavy atom. The van der Waals surface area contributed by atoms with Gasteiger partial charge in [0.1, 0.15) is 35.6 Å². The second kappa shape index (κ2) is 22.2. The Kier molecular flexibility index (Phi) is 16.6. The molecule has 4 aromatic carbocycles. The molecule has 0 bridgehead atoms. The Morgan fingerprint density at radius 2 is 0.817 bits per heavy atom. The lowest BCUT2D eigenvalue weighted by Crippen LogP contribution is -2.35. The second-order valence-corrected chi connectivity index (χ2v) is 13.4. The summed E-state index contributed by atoms with van der Waals surface area (Å²) < 4.78 is 0. The van der Waals surface area contributed by atoms with E-state index in [1.165, 1.54) is 0 Å². The predicted octanol–water partition coefficient (Wildman–Crippen LogP) is 5.76. The number of carbonyl (C=O) groups is 3. The first-order valence-corrected chi connectivity index (χ1v) is 19.0. The minimum absolute atomic E-state index is 0.105. The molecule has 3 atom stereocenters. The van der Waals surface area contributed by atoms with Gasteiger partial charge in [-0.2, -0.15) is 15.8 Å². The van der Waals surface area contributed by atoms with Crippen LogP contribution >= 0.6 is 0 Å². The number of aromatic carboxylic acids is 3. The molecule has 0 saturated heterocycles. The Hall–Kier alpha value is -7.83. The lowest BCUT2D eigenvalue weighted by Gasteiger charge is -2.22. The van der Waals surface area contributed by atoms with E-state index in [2.05, 4.69) is 47.9 Å². The van der Waals surface area contributed by atoms with Crippen molar-refractivity contribution in [2.75, 3.05) is 39.3 Å². The third-order valence-corrected chi connectivity index (χ3v) is 9.41. The molecule has 15 nitrogen and oxygen atoms in total. The predicted molar refractivity (Wildman–Crippen MR) is 226 cm³/mol. The maximum absolute atomic E-state index is 10.6. The molecule has 7 rings (SSSR count). The number of benzene rings is 4. The van der Waals surface area contributed by atoms with E-state index in [1.807, 2.05) is 112 Å². The van der Waals surface area contributed by atoms with Crippen molar-refractivity contribution in [1.82, 2.24) is 14.7 Å². The van der Waals surface area contributed by atoms with Crippen molar-refractivity contribution in [2.24, 2.45) is 15.0 Å². The maximum atomic E-state index is 10.6. The second-order valence-electron chi connectivity index (χ2n) is 13.4. The summed E-state index contributed by atoms with van der Waals surface area (Å²) in [4.78, 5) is 51.3. The van der Waals surface area contributed by atoms with E-state index in [0.717, 1.165) is 91.7 Å². The number of carboxylic acids is 3. The number of hydrogen-bond acceptors (Lipinski definition) is 12. The normalized spacial score (nSPS) is 15.2. The fraction of sp³-hybridized carbons (Fsp3) is 0.267. The van der Waals surface area contributed by atoms with Crippen molar-refractivity contribution in [2.45, 2.75) is 38.9 Å². The first kappa shape index (κ1) is 44.9. The Balaban J connectivity index is 0.000000176. The van der Waals surface area contributed by atoms with E-state index < -0.39 is 29.0 Å². The SMILES string of the molecule is CC(C#N)N1CCN=C1c1ccccc1.CC(C#N)N1CCN=C1c1ccccc1.CC(C#N)N1CCN=C1c1ccccc1.O=C(O)c1ccc(C(=O)O)c(C(=O)O)c1. The molecule has 60 heavy (non-hydrogen) atoms. The third kappa shape index (κ3) is 11.9. The van der Waals surface area contributed by atoms with Crippen LogP contribution < -0.4 is 0 Å². The van der Waals surface area contributed by atoms with Gasteiger partial charge >= 0.3 is 17.9 Å². The third-order valence-electron chi connectivity index (χ3n) is 9.41. The highest BCUT2D eigenvalue weighted by Gasteiger charge is 2.25. The van der Waals surface area contributed by atoms with Crippen LogP contribution in [0.1, 0.15) is 68.5 Å². The van der Waals surface area contributed by atoms with Crippen molar-refractivity contribution in [3.63, 3.8) is 0 Å². The van der Waals surface area contributed by atoms with Gasteiger partial charge in [-0.15, -0.1) is 0 Å². The van der Waals surface area contributed by atoms with Crippen molar-refractivity contribution in [1.29, 1.82) is 15.8 Å². The van der Waals surface area contributed by atoms with Crippen LogP contribution in [0.2, 0.25) is 0 Å². The van der Waals surface area contributed by atoms with Gasteiger partial charge in [-0.3, -0.25) is 15.0 Å². The van der Waals surface area contributed by atoms with Gasteiger partial charge in [-0.1, -0.05) is 91.0 Å². The van der Waals surface area contributed by atoms with E-state index >= 15 is 0 Å². The van der Waals surface area contributed by atoms with Gasteiger partial charge < -0.3 is 30.0 Å². The Morgan fingerprint density at radius 1 is 0.500 bits per heavy atom. The molecule has 0 aromatic heterocycles. The molecular weight excluding hydrogens is 763 g/mol. The number of nitrogens with zero attached hydrogens (tertiary/aromatic N) is 9. The molecule has 3 aliphatic rings. The summed E-state index contributed by atoms with van der Waals surface area (Å²) in [6.07, 6.45) is 0. The van der Waals surface area contributed by atoms with E-state index in [9.17, 15) is 14.4 Å². The number of aliphatic imine (C=N–C) groups is 3. The topological polar surface area (TPSA) is 230 Å². The van der Waals surface area contributed by atoms with Gasteiger partial charge in [0.05, 0.1) is 54.5 Å². The Labute approximate surface area is 348 Å². The molecule has 3 heterocycles. The summed E-state index contributed by atoms with van der Waals surface area (Å²) in [7, 11) is 0. The van der Waals surface area contributed by atoms with Gasteiger partial charge in [0, 0.05) is 36.3 Å². The number of rotatable bonds is 9. The molecule has 4 aromatic rings. The van der Waals surface area contributed by atoms with Gasteiger partial charge in [0.25, 0.3) is 0 Å². The minimum atomic E-state index is -1.48. The molecule has 0 saturated carbocycles.